The molecule has 1 heterocycles. The van der Waals surface area contributed by atoms with E-state index < -0.39 is 0 Å². The van der Waals surface area contributed by atoms with Crippen LogP contribution in [0, 0.1) is 6.92 Å². The van der Waals surface area contributed by atoms with Gasteiger partial charge in [-0.1, -0.05) is 53.7 Å². The van der Waals surface area contributed by atoms with Crippen LogP contribution in [0.2, 0.25) is 0 Å². The topological polar surface area (TPSA) is 0 Å². The maximum Gasteiger partial charge on any atom is 0.0819 e. The maximum absolute atomic E-state index is 2.47. The van der Waals surface area contributed by atoms with Gasteiger partial charge in [0.05, 0.1) is 26.7 Å². The summed E-state index contributed by atoms with van der Waals surface area (Å²) in [7, 11) is 2.36. The van der Waals surface area contributed by atoms with Crippen LogP contribution in [-0.4, -0.2) is 31.2 Å². The first kappa shape index (κ1) is 20.5. The Morgan fingerprint density at radius 3 is 2.36 bits per heavy atom. The molecule has 0 aromatic heterocycles. The molecule has 0 amide bonds. The minimum Gasteiger partial charge on any atom is -1.00 e. The van der Waals surface area contributed by atoms with E-state index in [1.165, 1.54) is 51.7 Å². The summed E-state index contributed by atoms with van der Waals surface area (Å²) in [5.74, 6) is 0. The highest BCUT2D eigenvalue weighted by Crippen LogP contribution is 2.45. The Hall–Kier alpha value is -0.780. The summed E-state index contributed by atoms with van der Waals surface area (Å²) in [6.07, 6.45) is 3.60. The van der Waals surface area contributed by atoms with E-state index in [1.807, 2.05) is 11.8 Å². The largest absolute Gasteiger partial charge is 1.00 e. The number of halogens is 1. The van der Waals surface area contributed by atoms with Gasteiger partial charge in [-0.15, -0.1) is 0 Å². The molecule has 0 spiro atoms. The molecule has 3 heteroatoms. The van der Waals surface area contributed by atoms with Crippen LogP contribution in [0.25, 0.3) is 5.57 Å². The van der Waals surface area contributed by atoms with Crippen molar-refractivity contribution in [2.75, 3.05) is 26.7 Å². The third-order valence-corrected chi connectivity index (χ3v) is 6.52. The highest BCUT2D eigenvalue weighted by atomic mass is 127. The minimum atomic E-state index is 0. The molecule has 1 nitrogen and oxygen atoms in total. The quantitative estimate of drug-likeness (QED) is 0.413. The molecule has 0 saturated carbocycles. The normalized spacial score (nSPS) is 14.6. The van der Waals surface area contributed by atoms with E-state index in [1.54, 1.807) is 0 Å². The molecule has 1 aliphatic heterocycles. The first-order valence-electron chi connectivity index (χ1n) is 8.98. The van der Waals surface area contributed by atoms with Gasteiger partial charge in [-0.05, 0) is 49.6 Å². The molecule has 134 valence electrons. The Kier molecular flexibility index (Phi) is 7.18. The van der Waals surface area contributed by atoms with Crippen LogP contribution in [0.3, 0.4) is 0 Å². The third-order valence-electron chi connectivity index (χ3n) is 5.37. The lowest BCUT2D eigenvalue weighted by atomic mass is 9.95. The standard InChI is InChI=1S/C22H28NS.HI/c1-5-23(4,6-2)15-9-11-18-19-10-7-8-12-21(19)24-22-14-13-17(3)16-20(18)22;/h7-8,10-14,16H,5-6,9,15H2,1-4H3;1H/q+1;/p-1/b18-11-;. The number of hydrogen-bond donors (Lipinski definition) is 0. The number of hydrogen-bond acceptors (Lipinski definition) is 1. The van der Waals surface area contributed by atoms with Crippen molar-refractivity contribution in [2.45, 2.75) is 37.0 Å². The predicted octanol–water partition coefficient (Wildman–Crippen LogP) is 2.77. The molecule has 0 radical (unpaired) electrons. The average Bonchev–Trinajstić information content (AvgIpc) is 2.61. The van der Waals surface area contributed by atoms with E-state index in [2.05, 4.69) is 76.4 Å². The van der Waals surface area contributed by atoms with Crippen LogP contribution in [-0.2, 0) is 0 Å². The molecule has 3 rings (SSSR count). The molecule has 0 unspecified atom stereocenters. The Labute approximate surface area is 174 Å². The zero-order valence-corrected chi connectivity index (χ0v) is 18.7. The molecule has 0 aliphatic carbocycles. The first-order chi connectivity index (χ1) is 11.6. The van der Waals surface area contributed by atoms with Crippen molar-refractivity contribution in [3.8, 4) is 0 Å². The second-order valence-corrected chi connectivity index (χ2v) is 8.06. The minimum absolute atomic E-state index is 0. The van der Waals surface area contributed by atoms with Gasteiger partial charge >= 0.3 is 0 Å². The van der Waals surface area contributed by atoms with Gasteiger partial charge in [0.15, 0.2) is 0 Å². The van der Waals surface area contributed by atoms with Crippen LogP contribution in [0.15, 0.2) is 58.3 Å². The summed E-state index contributed by atoms with van der Waals surface area (Å²) in [4.78, 5) is 2.76. The van der Waals surface area contributed by atoms with E-state index >= 15 is 0 Å². The van der Waals surface area contributed by atoms with Crippen LogP contribution < -0.4 is 24.0 Å². The van der Waals surface area contributed by atoms with Crippen molar-refractivity contribution < 1.29 is 28.5 Å². The third kappa shape index (κ3) is 4.50. The number of benzene rings is 2. The van der Waals surface area contributed by atoms with Gasteiger partial charge in [0, 0.05) is 16.2 Å². The summed E-state index contributed by atoms with van der Waals surface area (Å²) >= 11 is 1.90. The van der Waals surface area contributed by atoms with Crippen molar-refractivity contribution in [3.05, 3.63) is 65.2 Å². The van der Waals surface area contributed by atoms with E-state index in [0.717, 1.165) is 10.9 Å². The molecule has 25 heavy (non-hydrogen) atoms. The first-order valence-corrected chi connectivity index (χ1v) is 9.80. The monoisotopic (exact) mass is 465 g/mol. The molecule has 0 atom stereocenters. The summed E-state index contributed by atoms with van der Waals surface area (Å²) in [6, 6.07) is 15.7. The van der Waals surface area contributed by atoms with Crippen LogP contribution in [0.5, 0.6) is 0 Å². The van der Waals surface area contributed by atoms with Crippen molar-refractivity contribution in [1.82, 2.24) is 0 Å². The fourth-order valence-electron chi connectivity index (χ4n) is 3.27. The van der Waals surface area contributed by atoms with E-state index in [9.17, 15) is 0 Å². The lowest BCUT2D eigenvalue weighted by molar-refractivity contribution is -0.905. The van der Waals surface area contributed by atoms with E-state index in [-0.39, 0.29) is 24.0 Å². The summed E-state index contributed by atoms with van der Waals surface area (Å²) in [5.41, 5.74) is 5.55. The predicted molar refractivity (Wildman–Crippen MR) is 106 cm³/mol. The Morgan fingerprint density at radius 2 is 1.64 bits per heavy atom. The highest BCUT2D eigenvalue weighted by molar-refractivity contribution is 7.99. The number of quaternary nitrogens is 1. The molecule has 0 fully saturated rings. The number of rotatable bonds is 5. The van der Waals surface area contributed by atoms with Gasteiger partial charge in [0.25, 0.3) is 0 Å². The van der Waals surface area contributed by atoms with Gasteiger partial charge in [-0.25, -0.2) is 0 Å². The summed E-state index contributed by atoms with van der Waals surface area (Å²) in [6.45, 7) is 10.4. The number of nitrogens with zero attached hydrogens (tertiary/aromatic N) is 1. The van der Waals surface area contributed by atoms with Gasteiger partial charge in [-0.3, -0.25) is 0 Å². The van der Waals surface area contributed by atoms with Crippen molar-refractivity contribution in [2.24, 2.45) is 0 Å². The van der Waals surface area contributed by atoms with Crippen molar-refractivity contribution in [1.29, 1.82) is 0 Å². The Balaban J connectivity index is 0.00000225. The molecule has 2 aromatic rings. The SMILES string of the molecule is CC[N+](C)(CC)CC/C=C1/c2ccccc2Sc2ccc(C)cc21.[I-]. The zero-order valence-electron chi connectivity index (χ0n) is 15.7. The molecule has 0 N–H and O–H groups in total. The molecular weight excluding hydrogens is 437 g/mol. The van der Waals surface area contributed by atoms with Gasteiger partial charge in [-0.2, -0.15) is 0 Å². The molecule has 0 saturated heterocycles. The van der Waals surface area contributed by atoms with Crippen LogP contribution in [0.4, 0.5) is 0 Å². The molecule has 0 bridgehead atoms. The molecule has 1 aliphatic rings. The van der Waals surface area contributed by atoms with Crippen LogP contribution in [0.1, 0.15) is 37.0 Å². The highest BCUT2D eigenvalue weighted by Gasteiger charge is 2.21. The lowest BCUT2D eigenvalue weighted by Crippen LogP contribution is -3.00. The lowest BCUT2D eigenvalue weighted by Gasteiger charge is -2.32. The zero-order chi connectivity index (χ0) is 17.2. The summed E-state index contributed by atoms with van der Waals surface area (Å²) in [5, 5.41) is 0. The van der Waals surface area contributed by atoms with Gasteiger partial charge in [0.1, 0.15) is 0 Å². The Morgan fingerprint density at radius 1 is 0.960 bits per heavy atom. The fourth-order valence-corrected chi connectivity index (χ4v) is 4.35. The maximum atomic E-state index is 2.47. The number of aryl methyl sites for hydroxylation is 1. The molecule has 2 aromatic carbocycles. The van der Waals surface area contributed by atoms with Crippen molar-refractivity contribution in [3.63, 3.8) is 0 Å². The Bertz CT molecular complexity index is 762. The van der Waals surface area contributed by atoms with E-state index in [0.29, 0.717) is 0 Å². The molecular formula is C22H28INS. The van der Waals surface area contributed by atoms with Gasteiger partial charge < -0.3 is 28.5 Å². The number of fused-ring (bicyclic) bond motifs is 2. The fraction of sp³-hybridized carbons (Fsp3) is 0.364. The van der Waals surface area contributed by atoms with E-state index in [4.69, 9.17) is 0 Å². The summed E-state index contributed by atoms with van der Waals surface area (Å²) < 4.78 is 1.14. The second-order valence-electron chi connectivity index (χ2n) is 6.98. The van der Waals surface area contributed by atoms with Crippen molar-refractivity contribution >= 4 is 17.3 Å². The van der Waals surface area contributed by atoms with Crippen LogP contribution >= 0.6 is 11.8 Å². The smallest absolute Gasteiger partial charge is 0.0819 e. The van der Waals surface area contributed by atoms with Gasteiger partial charge in [0.2, 0.25) is 0 Å². The second kappa shape index (κ2) is 8.74. The average molecular weight is 465 g/mol.